The van der Waals surface area contributed by atoms with Crippen LogP contribution in [0, 0.1) is 0 Å². The summed E-state index contributed by atoms with van der Waals surface area (Å²) in [6.07, 6.45) is 3.01. The van der Waals surface area contributed by atoms with Crippen molar-refractivity contribution in [3.63, 3.8) is 0 Å². The molecule has 0 spiro atoms. The molecule has 2 N–H and O–H groups in total. The molecule has 0 radical (unpaired) electrons. The molecule has 1 amide bonds. The largest absolute Gasteiger partial charge is 0.507 e. The van der Waals surface area contributed by atoms with E-state index in [0.717, 1.165) is 24.0 Å². The third-order valence-electron chi connectivity index (χ3n) is 3.91. The van der Waals surface area contributed by atoms with Crippen LogP contribution in [0.3, 0.4) is 0 Å². The topological polar surface area (TPSA) is 49.3 Å². The molecule has 0 atom stereocenters. The molecular formula is C20H31NO2. The number of hydrogen-bond acceptors (Lipinski definition) is 2. The van der Waals surface area contributed by atoms with Gasteiger partial charge in [0.1, 0.15) is 5.75 Å². The number of aryl methyl sites for hydroxylation is 1. The summed E-state index contributed by atoms with van der Waals surface area (Å²) >= 11 is 0. The first-order valence-corrected chi connectivity index (χ1v) is 8.24. The molecule has 128 valence electrons. The molecule has 23 heavy (non-hydrogen) atoms. The molecule has 1 aromatic rings. The highest BCUT2D eigenvalue weighted by Gasteiger charge is 2.26. The molecule has 1 aromatic carbocycles. The van der Waals surface area contributed by atoms with E-state index in [4.69, 9.17) is 0 Å². The van der Waals surface area contributed by atoms with E-state index in [1.54, 1.807) is 0 Å². The van der Waals surface area contributed by atoms with E-state index in [2.05, 4.69) is 65.6 Å². The summed E-state index contributed by atoms with van der Waals surface area (Å²) < 4.78 is 0. The third-order valence-corrected chi connectivity index (χ3v) is 3.91. The van der Waals surface area contributed by atoms with Crippen LogP contribution in [-0.2, 0) is 22.0 Å². The summed E-state index contributed by atoms with van der Waals surface area (Å²) in [6, 6.07) is 4.19. The molecule has 0 aliphatic carbocycles. The van der Waals surface area contributed by atoms with Crippen molar-refractivity contribution >= 4 is 5.91 Å². The number of amides is 1. The number of phenolic OH excluding ortho intramolecular Hbond substituents is 1. The van der Waals surface area contributed by atoms with Gasteiger partial charge in [-0.15, -0.1) is 0 Å². The van der Waals surface area contributed by atoms with Crippen LogP contribution < -0.4 is 5.32 Å². The summed E-state index contributed by atoms with van der Waals surface area (Å²) in [7, 11) is 0. The van der Waals surface area contributed by atoms with Gasteiger partial charge in [0.05, 0.1) is 0 Å². The lowest BCUT2D eigenvalue weighted by Gasteiger charge is -2.28. The number of aromatic hydroxyl groups is 1. The Morgan fingerprint density at radius 1 is 1.13 bits per heavy atom. The van der Waals surface area contributed by atoms with Crippen LogP contribution in [0.1, 0.15) is 64.7 Å². The van der Waals surface area contributed by atoms with Crippen LogP contribution in [0.2, 0.25) is 0 Å². The van der Waals surface area contributed by atoms with E-state index in [-0.39, 0.29) is 16.7 Å². The van der Waals surface area contributed by atoms with Gasteiger partial charge in [-0.2, -0.15) is 0 Å². The van der Waals surface area contributed by atoms with E-state index < -0.39 is 0 Å². The maximum Gasteiger partial charge on any atom is 0.243 e. The lowest BCUT2D eigenvalue weighted by Crippen LogP contribution is -2.22. The van der Waals surface area contributed by atoms with Crippen molar-refractivity contribution < 1.29 is 9.90 Å². The number of hydrogen-bond donors (Lipinski definition) is 2. The summed E-state index contributed by atoms with van der Waals surface area (Å²) in [6.45, 7) is 16.8. The Morgan fingerprint density at radius 3 is 2.00 bits per heavy atom. The Labute approximate surface area is 140 Å². The van der Waals surface area contributed by atoms with Gasteiger partial charge < -0.3 is 10.4 Å². The van der Waals surface area contributed by atoms with E-state index in [1.165, 1.54) is 11.6 Å². The van der Waals surface area contributed by atoms with Crippen LogP contribution in [-0.4, -0.2) is 17.6 Å². The Bertz CT molecular complexity index is 539. The Morgan fingerprint density at radius 2 is 1.61 bits per heavy atom. The summed E-state index contributed by atoms with van der Waals surface area (Å²) in [4.78, 5) is 11.2. The highest BCUT2D eigenvalue weighted by atomic mass is 16.3. The molecule has 0 unspecified atom stereocenters. The molecule has 0 aliphatic heterocycles. The summed E-state index contributed by atoms with van der Waals surface area (Å²) in [5.74, 6) is 0.273. The predicted octanol–water partition coefficient (Wildman–Crippen LogP) is 4.22. The second kappa shape index (κ2) is 7.20. The van der Waals surface area contributed by atoms with Gasteiger partial charge in [0.25, 0.3) is 0 Å². The molecule has 0 bridgehead atoms. The van der Waals surface area contributed by atoms with Crippen molar-refractivity contribution in [2.75, 3.05) is 6.54 Å². The Hall–Kier alpha value is -1.77. The lowest BCUT2D eigenvalue weighted by molar-refractivity contribution is -0.116. The zero-order valence-corrected chi connectivity index (χ0v) is 15.4. The Balaban J connectivity index is 3.04. The summed E-state index contributed by atoms with van der Waals surface area (Å²) in [5.41, 5.74) is 2.93. The second-order valence-electron chi connectivity index (χ2n) is 8.14. The quantitative estimate of drug-likeness (QED) is 0.631. The van der Waals surface area contributed by atoms with Crippen LogP contribution in [0.4, 0.5) is 0 Å². The van der Waals surface area contributed by atoms with Gasteiger partial charge in [0, 0.05) is 6.54 Å². The van der Waals surface area contributed by atoms with Crippen LogP contribution in [0.15, 0.2) is 24.8 Å². The SMILES string of the molecule is C=CC(=O)NCCCc1cc(C(C)(C)C)c(O)c(C(C)(C)C)c1. The highest BCUT2D eigenvalue weighted by molar-refractivity contribution is 5.86. The zero-order valence-electron chi connectivity index (χ0n) is 15.4. The first kappa shape index (κ1) is 19.3. The standard InChI is InChI=1S/C20H31NO2/c1-8-17(22)21-11-9-10-14-12-15(19(2,3)4)18(23)16(13-14)20(5,6)7/h8,12-13,23H,1,9-11H2,2-7H3,(H,21,22). The van der Waals surface area contributed by atoms with Crippen molar-refractivity contribution in [2.24, 2.45) is 0 Å². The van der Waals surface area contributed by atoms with Gasteiger partial charge in [-0.25, -0.2) is 0 Å². The molecule has 3 heteroatoms. The minimum Gasteiger partial charge on any atom is -0.507 e. The van der Waals surface area contributed by atoms with Gasteiger partial charge in [-0.05, 0) is 46.4 Å². The first-order valence-electron chi connectivity index (χ1n) is 8.24. The Kier molecular flexibility index (Phi) is 6.04. The third kappa shape index (κ3) is 5.42. The number of benzene rings is 1. The van der Waals surface area contributed by atoms with Crippen molar-refractivity contribution in [3.05, 3.63) is 41.5 Å². The van der Waals surface area contributed by atoms with Gasteiger partial charge in [-0.3, -0.25) is 4.79 Å². The number of carbonyl (C=O) groups is 1. The number of rotatable bonds is 5. The van der Waals surface area contributed by atoms with Crippen molar-refractivity contribution in [2.45, 2.75) is 65.2 Å². The normalized spacial score (nSPS) is 12.1. The number of nitrogens with one attached hydrogen (secondary N) is 1. The van der Waals surface area contributed by atoms with Crippen molar-refractivity contribution in [1.82, 2.24) is 5.32 Å². The monoisotopic (exact) mass is 317 g/mol. The van der Waals surface area contributed by atoms with Crippen LogP contribution in [0.25, 0.3) is 0 Å². The smallest absolute Gasteiger partial charge is 0.243 e. The second-order valence-corrected chi connectivity index (χ2v) is 8.14. The molecule has 0 aromatic heterocycles. The fraction of sp³-hybridized carbons (Fsp3) is 0.550. The van der Waals surface area contributed by atoms with Gasteiger partial charge >= 0.3 is 0 Å². The first-order chi connectivity index (χ1) is 10.5. The lowest BCUT2D eigenvalue weighted by atomic mass is 9.78. The highest BCUT2D eigenvalue weighted by Crippen LogP contribution is 2.39. The van der Waals surface area contributed by atoms with E-state index in [0.29, 0.717) is 12.3 Å². The molecule has 0 saturated heterocycles. The van der Waals surface area contributed by atoms with Crippen LogP contribution >= 0.6 is 0 Å². The fourth-order valence-corrected chi connectivity index (χ4v) is 2.56. The maximum absolute atomic E-state index is 11.2. The zero-order chi connectivity index (χ0) is 17.8. The predicted molar refractivity (Wildman–Crippen MR) is 97.0 cm³/mol. The molecule has 0 fully saturated rings. The molecule has 0 heterocycles. The van der Waals surface area contributed by atoms with Gasteiger partial charge in [0.15, 0.2) is 0 Å². The van der Waals surface area contributed by atoms with E-state index >= 15 is 0 Å². The fourth-order valence-electron chi connectivity index (χ4n) is 2.56. The average Bonchev–Trinajstić information content (AvgIpc) is 2.41. The maximum atomic E-state index is 11.2. The molecular weight excluding hydrogens is 286 g/mol. The molecule has 1 rings (SSSR count). The average molecular weight is 317 g/mol. The van der Waals surface area contributed by atoms with Gasteiger partial charge in [-0.1, -0.05) is 60.3 Å². The van der Waals surface area contributed by atoms with E-state index in [9.17, 15) is 9.90 Å². The molecule has 0 saturated carbocycles. The molecule has 0 aliphatic rings. The minimum absolute atomic E-state index is 0.114. The van der Waals surface area contributed by atoms with Crippen molar-refractivity contribution in [3.8, 4) is 5.75 Å². The van der Waals surface area contributed by atoms with Crippen molar-refractivity contribution in [1.29, 1.82) is 0 Å². The van der Waals surface area contributed by atoms with E-state index in [1.807, 2.05) is 0 Å². The summed E-state index contributed by atoms with van der Waals surface area (Å²) in [5, 5.41) is 13.5. The molecule has 3 nitrogen and oxygen atoms in total. The number of phenols is 1. The van der Waals surface area contributed by atoms with Gasteiger partial charge in [0.2, 0.25) is 5.91 Å². The number of carbonyl (C=O) groups excluding carboxylic acids is 1. The van der Waals surface area contributed by atoms with Crippen LogP contribution in [0.5, 0.6) is 5.75 Å². The minimum atomic E-state index is -0.138.